The van der Waals surface area contributed by atoms with E-state index in [1.807, 2.05) is 19.1 Å². The van der Waals surface area contributed by atoms with Crippen LogP contribution in [0.15, 0.2) is 36.4 Å². The summed E-state index contributed by atoms with van der Waals surface area (Å²) < 4.78 is 0. The highest BCUT2D eigenvalue weighted by atomic mass is 16.1. The molecule has 2 N–H and O–H groups in total. The van der Waals surface area contributed by atoms with Gasteiger partial charge in [-0.3, -0.25) is 4.79 Å². The Morgan fingerprint density at radius 1 is 0.870 bits per heavy atom. The number of hydrogen-bond acceptors (Lipinski definition) is 2. The van der Waals surface area contributed by atoms with Gasteiger partial charge < -0.3 is 10.6 Å². The quantitative estimate of drug-likeness (QED) is 0.826. The van der Waals surface area contributed by atoms with E-state index in [1.54, 1.807) is 0 Å². The number of para-hydroxylation sites is 2. The molecule has 0 bridgehead atoms. The molecule has 0 aliphatic rings. The fourth-order valence-corrected chi connectivity index (χ4v) is 2.83. The summed E-state index contributed by atoms with van der Waals surface area (Å²) in [4.78, 5) is 12.3. The van der Waals surface area contributed by atoms with E-state index in [4.69, 9.17) is 0 Å². The number of rotatable bonds is 6. The predicted molar refractivity (Wildman–Crippen MR) is 98.2 cm³/mol. The fourth-order valence-electron chi connectivity index (χ4n) is 2.83. The van der Waals surface area contributed by atoms with Crippen LogP contribution in [0.25, 0.3) is 0 Å². The molecule has 23 heavy (non-hydrogen) atoms. The number of nitrogens with one attached hydrogen (secondary N) is 2. The molecule has 2 aromatic rings. The third-order valence-corrected chi connectivity index (χ3v) is 4.17. The second-order valence-electron chi connectivity index (χ2n) is 5.83. The Morgan fingerprint density at radius 3 is 1.96 bits per heavy atom. The number of hydrogen-bond donors (Lipinski definition) is 2. The van der Waals surface area contributed by atoms with Crippen molar-refractivity contribution in [1.82, 2.24) is 0 Å². The van der Waals surface area contributed by atoms with Crippen molar-refractivity contribution in [1.29, 1.82) is 0 Å². The van der Waals surface area contributed by atoms with Crippen LogP contribution in [-0.4, -0.2) is 12.5 Å². The van der Waals surface area contributed by atoms with Gasteiger partial charge in [0, 0.05) is 11.4 Å². The standard InChI is InChI=1S/C20H26N2O/c1-5-16-11-7-9-14(3)19(16)21-13-18(23)22-20-15(4)10-8-12-17(20)6-2/h7-12,21H,5-6,13H2,1-4H3,(H,22,23). The van der Waals surface area contributed by atoms with E-state index in [0.717, 1.165) is 29.8 Å². The summed E-state index contributed by atoms with van der Waals surface area (Å²) in [5.74, 6) is -0.0145. The average molecular weight is 310 g/mol. The normalized spacial score (nSPS) is 10.4. The van der Waals surface area contributed by atoms with Crippen molar-refractivity contribution in [2.24, 2.45) is 0 Å². The molecule has 0 aliphatic carbocycles. The smallest absolute Gasteiger partial charge is 0.243 e. The first-order valence-corrected chi connectivity index (χ1v) is 8.27. The molecule has 0 unspecified atom stereocenters. The minimum absolute atomic E-state index is 0.0145. The van der Waals surface area contributed by atoms with Crippen molar-refractivity contribution in [2.75, 3.05) is 17.2 Å². The van der Waals surface area contributed by atoms with Crippen LogP contribution in [0.1, 0.15) is 36.1 Å². The van der Waals surface area contributed by atoms with Gasteiger partial charge >= 0.3 is 0 Å². The Balaban J connectivity index is 2.07. The lowest BCUT2D eigenvalue weighted by Gasteiger charge is -2.16. The molecule has 0 radical (unpaired) electrons. The number of amides is 1. The summed E-state index contributed by atoms with van der Waals surface area (Å²) in [6, 6.07) is 12.3. The lowest BCUT2D eigenvalue weighted by Crippen LogP contribution is -2.23. The monoisotopic (exact) mass is 310 g/mol. The number of aryl methyl sites for hydroxylation is 4. The molecule has 2 aromatic carbocycles. The van der Waals surface area contributed by atoms with Gasteiger partial charge in [-0.2, -0.15) is 0 Å². The second kappa shape index (κ2) is 7.82. The van der Waals surface area contributed by atoms with E-state index in [1.165, 1.54) is 16.7 Å². The van der Waals surface area contributed by atoms with E-state index >= 15 is 0 Å². The SMILES string of the molecule is CCc1cccc(C)c1NCC(=O)Nc1c(C)cccc1CC. The molecular weight excluding hydrogens is 284 g/mol. The first-order valence-electron chi connectivity index (χ1n) is 8.27. The molecule has 3 nitrogen and oxygen atoms in total. The van der Waals surface area contributed by atoms with Crippen molar-refractivity contribution in [2.45, 2.75) is 40.5 Å². The van der Waals surface area contributed by atoms with Crippen LogP contribution >= 0.6 is 0 Å². The maximum absolute atomic E-state index is 12.3. The van der Waals surface area contributed by atoms with Crippen LogP contribution in [0, 0.1) is 13.8 Å². The highest BCUT2D eigenvalue weighted by molar-refractivity contribution is 5.95. The lowest BCUT2D eigenvalue weighted by atomic mass is 10.1. The molecule has 0 atom stereocenters. The molecule has 0 saturated carbocycles. The summed E-state index contributed by atoms with van der Waals surface area (Å²) in [5.41, 5.74) is 6.70. The predicted octanol–water partition coefficient (Wildman–Crippen LogP) is 4.48. The van der Waals surface area contributed by atoms with E-state index < -0.39 is 0 Å². The van der Waals surface area contributed by atoms with Crippen molar-refractivity contribution in [3.63, 3.8) is 0 Å². The van der Waals surface area contributed by atoms with E-state index in [0.29, 0.717) is 0 Å². The van der Waals surface area contributed by atoms with Crippen LogP contribution in [0.3, 0.4) is 0 Å². The molecule has 0 aliphatic heterocycles. The Labute approximate surface area is 139 Å². The third-order valence-electron chi connectivity index (χ3n) is 4.17. The Kier molecular flexibility index (Phi) is 5.80. The zero-order valence-electron chi connectivity index (χ0n) is 14.5. The first-order chi connectivity index (χ1) is 11.1. The van der Waals surface area contributed by atoms with Gasteiger partial charge in [0.15, 0.2) is 0 Å². The molecule has 0 spiro atoms. The first kappa shape index (κ1) is 17.1. The Bertz CT molecular complexity index is 692. The molecule has 0 fully saturated rings. The van der Waals surface area contributed by atoms with Gasteiger partial charge in [0.1, 0.15) is 0 Å². The molecule has 0 heterocycles. The van der Waals surface area contributed by atoms with Gasteiger partial charge in [0.2, 0.25) is 5.91 Å². The molecule has 2 rings (SSSR count). The molecule has 3 heteroatoms. The summed E-state index contributed by atoms with van der Waals surface area (Å²) in [7, 11) is 0. The van der Waals surface area contributed by atoms with Crippen LogP contribution < -0.4 is 10.6 Å². The largest absolute Gasteiger partial charge is 0.376 e. The van der Waals surface area contributed by atoms with E-state index in [9.17, 15) is 4.79 Å². The van der Waals surface area contributed by atoms with Crippen LogP contribution in [0.2, 0.25) is 0 Å². The van der Waals surface area contributed by atoms with Crippen molar-refractivity contribution < 1.29 is 4.79 Å². The van der Waals surface area contributed by atoms with Gasteiger partial charge in [-0.15, -0.1) is 0 Å². The van der Waals surface area contributed by atoms with Crippen molar-refractivity contribution >= 4 is 17.3 Å². The van der Waals surface area contributed by atoms with Gasteiger partial charge in [-0.1, -0.05) is 50.2 Å². The second-order valence-corrected chi connectivity index (χ2v) is 5.83. The van der Waals surface area contributed by atoms with Crippen LogP contribution in [0.4, 0.5) is 11.4 Å². The number of carbonyl (C=O) groups excluding carboxylic acids is 1. The van der Waals surface area contributed by atoms with Gasteiger partial charge in [-0.25, -0.2) is 0 Å². The minimum atomic E-state index is -0.0145. The number of anilines is 2. The summed E-state index contributed by atoms with van der Waals surface area (Å²) in [6.07, 6.45) is 1.85. The van der Waals surface area contributed by atoms with Gasteiger partial charge in [-0.05, 0) is 48.9 Å². The zero-order chi connectivity index (χ0) is 16.8. The molecular formula is C20H26N2O. The van der Waals surface area contributed by atoms with E-state index in [2.05, 4.69) is 55.7 Å². The van der Waals surface area contributed by atoms with Gasteiger partial charge in [0.25, 0.3) is 0 Å². The summed E-state index contributed by atoms with van der Waals surface area (Å²) in [5, 5.41) is 6.35. The maximum Gasteiger partial charge on any atom is 0.243 e. The average Bonchev–Trinajstić information content (AvgIpc) is 2.55. The van der Waals surface area contributed by atoms with Crippen molar-refractivity contribution in [3.8, 4) is 0 Å². The van der Waals surface area contributed by atoms with Crippen LogP contribution in [-0.2, 0) is 17.6 Å². The highest BCUT2D eigenvalue weighted by Gasteiger charge is 2.10. The maximum atomic E-state index is 12.3. The minimum Gasteiger partial charge on any atom is -0.376 e. The van der Waals surface area contributed by atoms with E-state index in [-0.39, 0.29) is 12.5 Å². The zero-order valence-corrected chi connectivity index (χ0v) is 14.5. The molecule has 0 saturated heterocycles. The van der Waals surface area contributed by atoms with Crippen molar-refractivity contribution in [3.05, 3.63) is 58.7 Å². The number of benzene rings is 2. The number of carbonyl (C=O) groups is 1. The fraction of sp³-hybridized carbons (Fsp3) is 0.350. The Hall–Kier alpha value is -2.29. The highest BCUT2D eigenvalue weighted by Crippen LogP contribution is 2.22. The molecule has 122 valence electrons. The van der Waals surface area contributed by atoms with Gasteiger partial charge in [0.05, 0.1) is 6.54 Å². The lowest BCUT2D eigenvalue weighted by molar-refractivity contribution is -0.114. The third kappa shape index (κ3) is 4.13. The summed E-state index contributed by atoms with van der Waals surface area (Å²) >= 11 is 0. The topological polar surface area (TPSA) is 41.1 Å². The summed E-state index contributed by atoms with van der Waals surface area (Å²) in [6.45, 7) is 8.59. The molecule has 0 aromatic heterocycles. The Morgan fingerprint density at radius 2 is 1.39 bits per heavy atom. The van der Waals surface area contributed by atoms with Crippen LogP contribution in [0.5, 0.6) is 0 Å². The molecule has 1 amide bonds.